The summed E-state index contributed by atoms with van der Waals surface area (Å²) < 4.78 is -0.735. The van der Waals surface area contributed by atoms with E-state index in [4.69, 9.17) is 12.6 Å². The number of rotatable bonds is 6. The number of benzene rings is 1. The van der Waals surface area contributed by atoms with E-state index >= 15 is 0 Å². The van der Waals surface area contributed by atoms with Crippen molar-refractivity contribution in [3.63, 3.8) is 0 Å². The van der Waals surface area contributed by atoms with Gasteiger partial charge in [-0.2, -0.15) is 12.6 Å². The van der Waals surface area contributed by atoms with Gasteiger partial charge in [0.15, 0.2) is 0 Å². The molecule has 0 amide bonds. The fourth-order valence-corrected chi connectivity index (χ4v) is 5.39. The molecule has 150 valence electrons. The number of ketones is 1. The van der Waals surface area contributed by atoms with Crippen LogP contribution in [0.15, 0.2) is 53.8 Å². The molecule has 2 nitrogen and oxygen atoms in total. The van der Waals surface area contributed by atoms with Crippen LogP contribution in [0.1, 0.15) is 59.9 Å². The van der Waals surface area contributed by atoms with Gasteiger partial charge in [0.1, 0.15) is 5.78 Å². The molecular weight excluding hydrogens is 362 g/mol. The van der Waals surface area contributed by atoms with Gasteiger partial charge in [0.2, 0.25) is 0 Å². The smallest absolute Gasteiger partial charge is 0.145 e. The van der Waals surface area contributed by atoms with Crippen molar-refractivity contribution in [2.45, 2.75) is 64.5 Å². The van der Waals surface area contributed by atoms with Crippen LogP contribution >= 0.6 is 12.6 Å². The quantitative estimate of drug-likeness (QED) is 0.528. The molecule has 1 aromatic carbocycles. The van der Waals surface area contributed by atoms with E-state index in [1.807, 2.05) is 6.92 Å². The number of allylic oxidation sites excluding steroid dienone is 4. The highest BCUT2D eigenvalue weighted by atomic mass is 32.1. The number of carbonyl (C=O) groups is 1. The van der Waals surface area contributed by atoms with Gasteiger partial charge in [-0.1, -0.05) is 56.7 Å². The third kappa shape index (κ3) is 3.08. The highest BCUT2D eigenvalue weighted by molar-refractivity contribution is 7.82. The van der Waals surface area contributed by atoms with Crippen molar-refractivity contribution in [1.82, 2.24) is 4.98 Å². The van der Waals surface area contributed by atoms with Crippen LogP contribution in [0.4, 0.5) is 0 Å². The summed E-state index contributed by atoms with van der Waals surface area (Å²) >= 11 is 4.93. The van der Waals surface area contributed by atoms with E-state index in [0.717, 1.165) is 18.4 Å². The Morgan fingerprint density at radius 2 is 1.79 bits per heavy atom. The molecular formula is C25H33NOS. The van der Waals surface area contributed by atoms with E-state index in [9.17, 15) is 4.79 Å². The maximum absolute atomic E-state index is 12.7. The molecule has 3 rings (SSSR count). The molecule has 0 radical (unpaired) electrons. The van der Waals surface area contributed by atoms with E-state index in [-0.39, 0.29) is 17.1 Å². The topological polar surface area (TPSA) is 32.9 Å². The largest absolute Gasteiger partial charge is 0.361 e. The summed E-state index contributed by atoms with van der Waals surface area (Å²) in [4.78, 5) is 16.1. The number of hydrogen-bond acceptors (Lipinski definition) is 2. The first-order valence-electron chi connectivity index (χ1n) is 10.3. The van der Waals surface area contributed by atoms with Gasteiger partial charge in [-0.25, -0.2) is 0 Å². The summed E-state index contributed by atoms with van der Waals surface area (Å²) in [6, 6.07) is 8.47. The van der Waals surface area contributed by atoms with Crippen molar-refractivity contribution in [3.05, 3.63) is 59.3 Å². The Hall–Kier alpha value is -1.74. The maximum Gasteiger partial charge on any atom is 0.145 e. The van der Waals surface area contributed by atoms with Crippen LogP contribution in [-0.2, 0) is 10.2 Å². The number of fused-ring (bicyclic) bond motifs is 1. The van der Waals surface area contributed by atoms with Crippen LogP contribution in [-0.4, -0.2) is 15.5 Å². The molecule has 0 saturated carbocycles. The lowest BCUT2D eigenvalue weighted by Gasteiger charge is -2.50. The van der Waals surface area contributed by atoms with Gasteiger partial charge in [0.25, 0.3) is 0 Å². The molecule has 1 N–H and O–H groups in total. The van der Waals surface area contributed by atoms with Gasteiger partial charge < -0.3 is 4.98 Å². The number of aromatic amines is 1. The Balaban J connectivity index is 2.40. The Bertz CT molecular complexity index is 946. The number of aromatic nitrogens is 1. The molecule has 1 heterocycles. The minimum atomic E-state index is -0.735. The minimum absolute atomic E-state index is 0.00717. The van der Waals surface area contributed by atoms with Crippen LogP contribution in [0.5, 0.6) is 0 Å². The normalized spacial score (nSPS) is 20.3. The van der Waals surface area contributed by atoms with E-state index < -0.39 is 4.75 Å². The van der Waals surface area contributed by atoms with Crippen LogP contribution in [0.25, 0.3) is 10.9 Å². The second kappa shape index (κ2) is 7.59. The average molecular weight is 396 g/mol. The van der Waals surface area contributed by atoms with Crippen molar-refractivity contribution in [2.24, 2.45) is 11.8 Å². The van der Waals surface area contributed by atoms with Gasteiger partial charge >= 0.3 is 0 Å². The summed E-state index contributed by atoms with van der Waals surface area (Å²) in [6.45, 7) is 12.6. The zero-order chi connectivity index (χ0) is 20.7. The maximum atomic E-state index is 12.7. The van der Waals surface area contributed by atoms with Gasteiger partial charge in [0.05, 0.1) is 4.75 Å². The fourth-order valence-electron chi connectivity index (χ4n) is 5.19. The first kappa shape index (κ1) is 21.0. The molecule has 0 spiro atoms. The molecule has 3 atom stereocenters. The zero-order valence-corrected chi connectivity index (χ0v) is 18.9. The minimum Gasteiger partial charge on any atom is -0.361 e. The first-order valence-corrected chi connectivity index (χ1v) is 10.8. The monoisotopic (exact) mass is 395 g/mol. The molecule has 0 aliphatic heterocycles. The molecule has 1 aliphatic rings. The van der Waals surface area contributed by atoms with E-state index in [1.54, 1.807) is 6.92 Å². The number of H-pyrrole nitrogens is 1. The SMILES string of the molecule is CC(=O)C(C)(S)C(C)C(C1=CCCC=C1C)(c1c[nH]c2ccccc12)C(C)C. The predicted octanol–water partition coefficient (Wildman–Crippen LogP) is 6.64. The lowest BCUT2D eigenvalue weighted by Crippen LogP contribution is -2.52. The molecule has 0 fully saturated rings. The van der Waals surface area contributed by atoms with Crippen LogP contribution < -0.4 is 0 Å². The Kier molecular flexibility index (Phi) is 5.69. The Morgan fingerprint density at radius 3 is 2.39 bits per heavy atom. The molecule has 0 bridgehead atoms. The van der Waals surface area contributed by atoms with Crippen molar-refractivity contribution in [2.75, 3.05) is 0 Å². The van der Waals surface area contributed by atoms with Crippen molar-refractivity contribution >= 4 is 29.3 Å². The lowest BCUT2D eigenvalue weighted by atomic mass is 9.54. The summed E-state index contributed by atoms with van der Waals surface area (Å²) in [5.41, 5.74) is 4.77. The standard InChI is InChI=1S/C25H33NOS/c1-16(2)25(18(4)24(6,28)19(5)27,21-13-9-7-11-17(21)3)22-15-26-23-14-10-8-12-20(22)23/h8,10-16,18,26,28H,7,9H2,1-6H3. The van der Waals surface area contributed by atoms with Crippen molar-refractivity contribution < 1.29 is 4.79 Å². The summed E-state index contributed by atoms with van der Waals surface area (Å²) in [5, 5.41) is 1.23. The predicted molar refractivity (Wildman–Crippen MR) is 123 cm³/mol. The first-order chi connectivity index (χ1) is 13.1. The number of thiol groups is 1. The average Bonchev–Trinajstić information content (AvgIpc) is 3.08. The van der Waals surface area contributed by atoms with E-state index in [2.05, 4.69) is 75.3 Å². The second-order valence-corrected chi connectivity index (χ2v) is 9.71. The highest BCUT2D eigenvalue weighted by Crippen LogP contribution is 2.55. The second-order valence-electron chi connectivity index (χ2n) is 8.78. The van der Waals surface area contributed by atoms with Crippen molar-refractivity contribution in [3.8, 4) is 0 Å². The third-order valence-corrected chi connectivity index (χ3v) is 7.72. The molecule has 1 aliphatic carbocycles. The molecule has 3 unspecified atom stereocenters. The molecule has 3 heteroatoms. The molecule has 1 aromatic heterocycles. The van der Waals surface area contributed by atoms with Crippen molar-refractivity contribution in [1.29, 1.82) is 0 Å². The van der Waals surface area contributed by atoms with Gasteiger partial charge in [-0.05, 0) is 62.7 Å². The summed E-state index contributed by atoms with van der Waals surface area (Å²) in [7, 11) is 0. The number of Topliss-reactive ketones (excluding diaryl/α,β-unsaturated/α-hetero) is 1. The number of hydrogen-bond donors (Lipinski definition) is 2. The number of carbonyl (C=O) groups excluding carboxylic acids is 1. The van der Waals surface area contributed by atoms with Crippen LogP contribution in [0.3, 0.4) is 0 Å². The van der Waals surface area contributed by atoms with Crippen LogP contribution in [0.2, 0.25) is 0 Å². The number of nitrogens with one attached hydrogen (secondary N) is 1. The van der Waals surface area contributed by atoms with Gasteiger partial charge in [-0.15, -0.1) is 0 Å². The zero-order valence-electron chi connectivity index (χ0n) is 18.0. The van der Waals surface area contributed by atoms with Crippen LogP contribution in [0, 0.1) is 11.8 Å². The lowest BCUT2D eigenvalue weighted by molar-refractivity contribution is -0.120. The van der Waals surface area contributed by atoms with Gasteiger partial charge in [0, 0.05) is 22.5 Å². The Labute approximate surface area is 174 Å². The van der Waals surface area contributed by atoms with E-state index in [0.29, 0.717) is 5.92 Å². The fraction of sp³-hybridized carbons (Fsp3) is 0.480. The summed E-state index contributed by atoms with van der Waals surface area (Å²) in [5.74, 6) is 0.416. The molecule has 2 aromatic rings. The number of para-hydroxylation sites is 1. The van der Waals surface area contributed by atoms with Gasteiger partial charge in [-0.3, -0.25) is 4.79 Å². The van der Waals surface area contributed by atoms with E-state index in [1.165, 1.54) is 22.1 Å². The molecule has 28 heavy (non-hydrogen) atoms. The summed E-state index contributed by atoms with van der Waals surface area (Å²) in [6.07, 6.45) is 9.03. The molecule has 0 saturated heterocycles. The third-order valence-electron chi connectivity index (χ3n) is 7.02. The Morgan fingerprint density at radius 1 is 1.14 bits per heavy atom. The highest BCUT2D eigenvalue weighted by Gasteiger charge is 2.52.